The number of rotatable bonds is 4. The van der Waals surface area contributed by atoms with Crippen LogP contribution in [0.4, 0.5) is 5.69 Å². The molecule has 5 nitrogen and oxygen atoms in total. The first-order chi connectivity index (χ1) is 10.4. The first kappa shape index (κ1) is 16.3. The van der Waals surface area contributed by atoms with Crippen molar-refractivity contribution < 1.29 is 9.59 Å². The Hall–Kier alpha value is -2.08. The molecule has 0 fully saturated rings. The summed E-state index contributed by atoms with van der Waals surface area (Å²) in [5, 5.41) is 5.60. The smallest absolute Gasteiger partial charge is 0.272 e. The van der Waals surface area contributed by atoms with Gasteiger partial charge in [0.25, 0.3) is 11.8 Å². The number of amides is 2. The van der Waals surface area contributed by atoms with Gasteiger partial charge in [-0.3, -0.25) is 9.59 Å². The number of carbonyl (C=O) groups excluding carboxylic acids is 2. The fourth-order valence-electron chi connectivity index (χ4n) is 2.10. The molecule has 0 saturated heterocycles. The first-order valence-electron chi connectivity index (χ1n) is 6.94. The molecule has 22 heavy (non-hydrogen) atoms. The van der Waals surface area contributed by atoms with Crippen LogP contribution in [0, 0.1) is 6.92 Å². The Labute approximate surface area is 137 Å². The van der Waals surface area contributed by atoms with E-state index in [1.165, 1.54) is 0 Å². The van der Waals surface area contributed by atoms with E-state index in [0.29, 0.717) is 23.5 Å². The maximum absolute atomic E-state index is 12.4. The molecule has 2 amide bonds. The average molecular weight is 364 g/mol. The fraction of sp³-hybridized carbons (Fsp3) is 0.250. The number of nitrogens with one attached hydrogen (secondary N) is 2. The molecule has 1 aromatic heterocycles. The predicted molar refractivity (Wildman–Crippen MR) is 90.3 cm³/mol. The van der Waals surface area contributed by atoms with Crippen molar-refractivity contribution in [3.05, 3.63) is 51.8 Å². The molecule has 0 aliphatic rings. The van der Waals surface area contributed by atoms with Crippen LogP contribution < -0.4 is 10.6 Å². The zero-order chi connectivity index (χ0) is 16.3. The number of aryl methyl sites for hydroxylation is 2. The summed E-state index contributed by atoms with van der Waals surface area (Å²) in [7, 11) is 1.80. The number of halogens is 1. The van der Waals surface area contributed by atoms with Crippen LogP contribution in [0.3, 0.4) is 0 Å². The summed E-state index contributed by atoms with van der Waals surface area (Å²) in [5.41, 5.74) is 2.59. The van der Waals surface area contributed by atoms with Crippen molar-refractivity contribution in [2.75, 3.05) is 11.9 Å². The highest BCUT2D eigenvalue weighted by atomic mass is 79.9. The van der Waals surface area contributed by atoms with Crippen molar-refractivity contribution in [3.63, 3.8) is 0 Å². The molecule has 2 aromatic rings. The van der Waals surface area contributed by atoms with Gasteiger partial charge in [-0.1, -0.05) is 6.07 Å². The minimum atomic E-state index is -0.218. The Bertz CT molecular complexity index is 722. The topological polar surface area (TPSA) is 63.1 Å². The average Bonchev–Trinajstić information content (AvgIpc) is 2.80. The Kier molecular flexibility index (Phi) is 5.03. The van der Waals surface area contributed by atoms with Gasteiger partial charge in [0.1, 0.15) is 5.69 Å². The molecule has 2 rings (SSSR count). The summed E-state index contributed by atoms with van der Waals surface area (Å²) in [4.78, 5) is 24.2. The highest BCUT2D eigenvalue weighted by Crippen LogP contribution is 2.20. The van der Waals surface area contributed by atoms with Crippen molar-refractivity contribution >= 4 is 33.4 Å². The zero-order valence-electron chi connectivity index (χ0n) is 12.7. The molecule has 2 N–H and O–H groups in total. The first-order valence-corrected chi connectivity index (χ1v) is 7.73. The maximum atomic E-state index is 12.4. The van der Waals surface area contributed by atoms with E-state index in [0.717, 1.165) is 10.0 Å². The number of hydrogen-bond acceptors (Lipinski definition) is 2. The van der Waals surface area contributed by atoms with Crippen LogP contribution in [0.25, 0.3) is 0 Å². The normalized spacial score (nSPS) is 10.4. The van der Waals surface area contributed by atoms with Gasteiger partial charge in [0.2, 0.25) is 0 Å². The van der Waals surface area contributed by atoms with Crippen LogP contribution in [-0.4, -0.2) is 22.9 Å². The second-order valence-electron chi connectivity index (χ2n) is 5.00. The van der Waals surface area contributed by atoms with Crippen LogP contribution in [0.5, 0.6) is 0 Å². The molecule has 0 radical (unpaired) electrons. The highest BCUT2D eigenvalue weighted by molar-refractivity contribution is 9.10. The van der Waals surface area contributed by atoms with E-state index in [9.17, 15) is 9.59 Å². The number of hydrogen-bond donors (Lipinski definition) is 2. The van der Waals surface area contributed by atoms with E-state index in [1.807, 2.05) is 26.1 Å². The van der Waals surface area contributed by atoms with E-state index in [2.05, 4.69) is 26.6 Å². The molecule has 0 unspecified atom stereocenters. The van der Waals surface area contributed by atoms with E-state index in [4.69, 9.17) is 0 Å². The van der Waals surface area contributed by atoms with Gasteiger partial charge < -0.3 is 15.2 Å². The van der Waals surface area contributed by atoms with Crippen molar-refractivity contribution in [3.8, 4) is 0 Å². The summed E-state index contributed by atoms with van der Waals surface area (Å²) < 4.78 is 2.58. The summed E-state index contributed by atoms with van der Waals surface area (Å²) in [6, 6.07) is 7.00. The van der Waals surface area contributed by atoms with Crippen molar-refractivity contribution in [2.24, 2.45) is 7.05 Å². The lowest BCUT2D eigenvalue weighted by molar-refractivity contribution is 0.0954. The van der Waals surface area contributed by atoms with Crippen molar-refractivity contribution in [2.45, 2.75) is 13.8 Å². The van der Waals surface area contributed by atoms with Gasteiger partial charge in [-0.15, -0.1) is 0 Å². The lowest BCUT2D eigenvalue weighted by Gasteiger charge is -2.11. The molecule has 0 saturated carbocycles. The molecule has 1 heterocycles. The third-order valence-electron chi connectivity index (χ3n) is 3.29. The van der Waals surface area contributed by atoms with Crippen LogP contribution in [0.1, 0.15) is 33.3 Å². The summed E-state index contributed by atoms with van der Waals surface area (Å²) in [5.74, 6) is -0.371. The molecule has 6 heteroatoms. The molecule has 0 bridgehead atoms. The Morgan fingerprint density at radius 3 is 2.55 bits per heavy atom. The van der Waals surface area contributed by atoms with E-state index >= 15 is 0 Å². The number of anilines is 1. The number of aromatic nitrogens is 1. The van der Waals surface area contributed by atoms with Gasteiger partial charge in [-0.05, 0) is 53.5 Å². The fourth-order valence-corrected chi connectivity index (χ4v) is 2.62. The largest absolute Gasteiger partial charge is 0.352 e. The number of carbonyl (C=O) groups is 2. The summed E-state index contributed by atoms with van der Waals surface area (Å²) in [6.45, 7) is 4.31. The third kappa shape index (κ3) is 3.57. The molecular weight excluding hydrogens is 346 g/mol. The van der Waals surface area contributed by atoms with Gasteiger partial charge in [0.05, 0.1) is 0 Å². The Balaban J connectivity index is 2.25. The van der Waals surface area contributed by atoms with Gasteiger partial charge in [0.15, 0.2) is 0 Å². The van der Waals surface area contributed by atoms with Gasteiger partial charge in [-0.2, -0.15) is 0 Å². The standard InChI is InChI=1S/C16H18BrN3O2/c1-4-18-15(21)11-6-5-10(2)13(7-11)19-16(22)14-8-12(17)9-20(14)3/h5-9H,4H2,1-3H3,(H,18,21)(H,19,22). The Morgan fingerprint density at radius 1 is 1.23 bits per heavy atom. The molecular formula is C16H18BrN3O2. The minimum Gasteiger partial charge on any atom is -0.352 e. The van der Waals surface area contributed by atoms with Crippen molar-refractivity contribution in [1.29, 1.82) is 0 Å². The van der Waals surface area contributed by atoms with Crippen molar-refractivity contribution in [1.82, 2.24) is 9.88 Å². The van der Waals surface area contributed by atoms with Gasteiger partial charge in [-0.25, -0.2) is 0 Å². The molecule has 116 valence electrons. The maximum Gasteiger partial charge on any atom is 0.272 e. The highest BCUT2D eigenvalue weighted by Gasteiger charge is 2.14. The quantitative estimate of drug-likeness (QED) is 0.876. The SMILES string of the molecule is CCNC(=O)c1ccc(C)c(NC(=O)c2cc(Br)cn2C)c1. The Morgan fingerprint density at radius 2 is 1.95 bits per heavy atom. The molecule has 1 aromatic carbocycles. The second kappa shape index (κ2) is 6.79. The zero-order valence-corrected chi connectivity index (χ0v) is 14.3. The summed E-state index contributed by atoms with van der Waals surface area (Å²) >= 11 is 3.35. The van der Waals surface area contributed by atoms with E-state index in [1.54, 1.807) is 29.8 Å². The lowest BCUT2D eigenvalue weighted by atomic mass is 10.1. The predicted octanol–water partition coefficient (Wildman–Crippen LogP) is 3.10. The van der Waals surface area contributed by atoms with Crippen LogP contribution in [0.15, 0.2) is 34.9 Å². The monoisotopic (exact) mass is 363 g/mol. The van der Waals surface area contributed by atoms with E-state index in [-0.39, 0.29) is 11.8 Å². The van der Waals surface area contributed by atoms with Crippen LogP contribution >= 0.6 is 15.9 Å². The third-order valence-corrected chi connectivity index (χ3v) is 3.72. The second-order valence-corrected chi connectivity index (χ2v) is 5.91. The van der Waals surface area contributed by atoms with Gasteiger partial charge in [0, 0.05) is 35.5 Å². The van der Waals surface area contributed by atoms with Crippen LogP contribution in [-0.2, 0) is 7.05 Å². The summed E-state index contributed by atoms with van der Waals surface area (Å²) in [6.07, 6.45) is 1.81. The minimum absolute atomic E-state index is 0.153. The molecule has 0 spiro atoms. The van der Waals surface area contributed by atoms with Crippen LogP contribution in [0.2, 0.25) is 0 Å². The molecule has 0 atom stereocenters. The molecule has 0 aliphatic carbocycles. The van der Waals surface area contributed by atoms with E-state index < -0.39 is 0 Å². The lowest BCUT2D eigenvalue weighted by Crippen LogP contribution is -2.23. The number of benzene rings is 1. The van der Waals surface area contributed by atoms with Gasteiger partial charge >= 0.3 is 0 Å². The number of nitrogens with zero attached hydrogens (tertiary/aromatic N) is 1. The molecule has 0 aliphatic heterocycles.